The van der Waals surface area contributed by atoms with E-state index in [9.17, 15) is 0 Å². The van der Waals surface area contributed by atoms with E-state index in [2.05, 4.69) is 20.8 Å². The first-order valence-corrected chi connectivity index (χ1v) is 10.6. The van der Waals surface area contributed by atoms with Crippen LogP contribution in [-0.2, 0) is 0 Å². The quantitative estimate of drug-likeness (QED) is 0.223. The molecule has 0 aromatic carbocycles. The molecule has 0 aliphatic rings. The van der Waals surface area contributed by atoms with Gasteiger partial charge < -0.3 is 0 Å². The van der Waals surface area contributed by atoms with Crippen LogP contribution in [0.1, 0.15) is 129 Å². The Morgan fingerprint density at radius 1 is 0.500 bits per heavy atom. The predicted molar refractivity (Wildman–Crippen MR) is 103 cm³/mol. The molecule has 0 aromatic rings. The van der Waals surface area contributed by atoms with Crippen molar-refractivity contribution in [3.8, 4) is 0 Å². The molecule has 0 spiro atoms. The van der Waals surface area contributed by atoms with E-state index in [1.54, 1.807) is 0 Å². The van der Waals surface area contributed by atoms with Gasteiger partial charge in [0.2, 0.25) is 0 Å². The zero-order valence-electron chi connectivity index (χ0n) is 16.0. The molecular formula is C22H45. The molecule has 0 rings (SSSR count). The van der Waals surface area contributed by atoms with E-state index < -0.39 is 0 Å². The average Bonchev–Trinajstić information content (AvgIpc) is 2.54. The van der Waals surface area contributed by atoms with Crippen molar-refractivity contribution in [2.75, 3.05) is 0 Å². The van der Waals surface area contributed by atoms with Crippen LogP contribution in [0.2, 0.25) is 0 Å². The number of hydrogen-bond donors (Lipinski definition) is 0. The summed E-state index contributed by atoms with van der Waals surface area (Å²) in [5.74, 6) is 0.910. The van der Waals surface area contributed by atoms with Crippen molar-refractivity contribution in [1.82, 2.24) is 0 Å². The van der Waals surface area contributed by atoms with Crippen molar-refractivity contribution in [2.24, 2.45) is 5.92 Å². The van der Waals surface area contributed by atoms with Gasteiger partial charge in [0.25, 0.3) is 0 Å². The Hall–Kier alpha value is 0. The van der Waals surface area contributed by atoms with Crippen LogP contribution in [0.15, 0.2) is 0 Å². The highest BCUT2D eigenvalue weighted by Gasteiger charge is 2.04. The summed E-state index contributed by atoms with van der Waals surface area (Å²) in [5, 5.41) is 0. The molecule has 133 valence electrons. The lowest BCUT2D eigenvalue weighted by molar-refractivity contribution is 0.412. The normalized spacial score (nSPS) is 12.7. The topological polar surface area (TPSA) is 0 Å². The van der Waals surface area contributed by atoms with Crippen molar-refractivity contribution >= 4 is 0 Å². The van der Waals surface area contributed by atoms with E-state index >= 15 is 0 Å². The van der Waals surface area contributed by atoms with Crippen LogP contribution >= 0.6 is 0 Å². The van der Waals surface area contributed by atoms with Crippen molar-refractivity contribution in [2.45, 2.75) is 129 Å². The number of hydrogen-bond acceptors (Lipinski definition) is 0. The minimum atomic E-state index is 0.910. The van der Waals surface area contributed by atoms with E-state index in [1.165, 1.54) is 109 Å². The van der Waals surface area contributed by atoms with Gasteiger partial charge in [-0.3, -0.25) is 0 Å². The van der Waals surface area contributed by atoms with Crippen LogP contribution in [0.25, 0.3) is 0 Å². The maximum absolute atomic E-state index is 4.12. The molecule has 0 heteroatoms. The summed E-state index contributed by atoms with van der Waals surface area (Å²) in [7, 11) is 0. The maximum atomic E-state index is 4.12. The summed E-state index contributed by atoms with van der Waals surface area (Å²) in [6.45, 7) is 8.71. The second-order valence-electron chi connectivity index (χ2n) is 7.33. The lowest BCUT2D eigenvalue weighted by Crippen LogP contribution is -1.98. The van der Waals surface area contributed by atoms with Gasteiger partial charge in [0, 0.05) is 0 Å². The molecular weight excluding hydrogens is 264 g/mol. The third-order valence-corrected chi connectivity index (χ3v) is 5.09. The fraction of sp³-hybridized carbons (Fsp3) is 0.955. The third-order valence-electron chi connectivity index (χ3n) is 5.09. The summed E-state index contributed by atoms with van der Waals surface area (Å²) in [4.78, 5) is 0. The zero-order chi connectivity index (χ0) is 16.3. The van der Waals surface area contributed by atoms with Gasteiger partial charge in [-0.2, -0.15) is 0 Å². The first-order valence-electron chi connectivity index (χ1n) is 10.6. The summed E-state index contributed by atoms with van der Waals surface area (Å²) in [5.41, 5.74) is 0. The van der Waals surface area contributed by atoms with Gasteiger partial charge in [-0.25, -0.2) is 0 Å². The summed E-state index contributed by atoms with van der Waals surface area (Å²) < 4.78 is 0. The van der Waals surface area contributed by atoms with E-state index in [0.717, 1.165) is 12.3 Å². The largest absolute Gasteiger partial charge is 0.0654 e. The van der Waals surface area contributed by atoms with E-state index in [-0.39, 0.29) is 0 Å². The first-order chi connectivity index (χ1) is 10.8. The Balaban J connectivity index is 3.13. The molecule has 1 radical (unpaired) electrons. The highest BCUT2D eigenvalue weighted by Crippen LogP contribution is 2.20. The predicted octanol–water partition coefficient (Wildman–Crippen LogP) is 8.50. The van der Waals surface area contributed by atoms with Crippen LogP contribution in [0.5, 0.6) is 0 Å². The molecule has 0 aliphatic carbocycles. The smallest absolute Gasteiger partial charge is 0.0414 e. The summed E-state index contributed by atoms with van der Waals surface area (Å²) in [6.07, 6.45) is 25.7. The number of rotatable bonds is 18. The highest BCUT2D eigenvalue weighted by atomic mass is 14.1. The van der Waals surface area contributed by atoms with Gasteiger partial charge in [-0.15, -0.1) is 0 Å². The zero-order valence-corrected chi connectivity index (χ0v) is 16.0. The Morgan fingerprint density at radius 2 is 0.864 bits per heavy atom. The van der Waals surface area contributed by atoms with E-state index in [0.29, 0.717) is 0 Å². The van der Waals surface area contributed by atoms with Crippen LogP contribution < -0.4 is 0 Å². The SMILES string of the molecule is [CH2]CC(CCCC)CCCCCCCCCCCCCCC. The second-order valence-corrected chi connectivity index (χ2v) is 7.33. The van der Waals surface area contributed by atoms with Gasteiger partial charge in [0.1, 0.15) is 0 Å². The first kappa shape index (κ1) is 22.0. The minimum Gasteiger partial charge on any atom is -0.0654 e. The van der Waals surface area contributed by atoms with Gasteiger partial charge in [-0.1, -0.05) is 136 Å². The maximum Gasteiger partial charge on any atom is -0.0414 e. The van der Waals surface area contributed by atoms with Crippen LogP contribution in [0.4, 0.5) is 0 Å². The molecule has 0 saturated heterocycles. The monoisotopic (exact) mass is 309 g/mol. The van der Waals surface area contributed by atoms with Crippen LogP contribution in [0, 0.1) is 12.8 Å². The summed E-state index contributed by atoms with van der Waals surface area (Å²) >= 11 is 0. The standard InChI is InChI=1S/C22H45/c1-4-7-9-10-11-12-13-14-15-16-17-18-19-21-22(6-3)20-8-5-2/h22H,3-21H2,1-2H3. The van der Waals surface area contributed by atoms with E-state index in [4.69, 9.17) is 0 Å². The molecule has 0 fully saturated rings. The summed E-state index contributed by atoms with van der Waals surface area (Å²) in [6, 6.07) is 0. The molecule has 1 unspecified atom stereocenters. The molecule has 0 bridgehead atoms. The Labute approximate surface area is 142 Å². The molecule has 0 N–H and O–H groups in total. The van der Waals surface area contributed by atoms with Crippen molar-refractivity contribution < 1.29 is 0 Å². The molecule has 1 atom stereocenters. The van der Waals surface area contributed by atoms with Gasteiger partial charge in [-0.05, 0) is 5.92 Å². The average molecular weight is 310 g/mol. The molecule has 0 aromatic heterocycles. The molecule has 0 heterocycles. The fourth-order valence-corrected chi connectivity index (χ4v) is 3.38. The third kappa shape index (κ3) is 16.4. The molecule has 0 aliphatic heterocycles. The molecule has 0 nitrogen and oxygen atoms in total. The fourth-order valence-electron chi connectivity index (χ4n) is 3.38. The molecule has 0 amide bonds. The number of unbranched alkanes of at least 4 members (excludes halogenated alkanes) is 13. The lowest BCUT2D eigenvalue weighted by Gasteiger charge is -2.13. The van der Waals surface area contributed by atoms with Crippen LogP contribution in [0.3, 0.4) is 0 Å². The Morgan fingerprint density at radius 3 is 1.27 bits per heavy atom. The second kappa shape index (κ2) is 19.0. The van der Waals surface area contributed by atoms with Gasteiger partial charge in [0.15, 0.2) is 0 Å². The van der Waals surface area contributed by atoms with Crippen LogP contribution in [-0.4, -0.2) is 0 Å². The Kier molecular flexibility index (Phi) is 19.0. The highest BCUT2D eigenvalue weighted by molar-refractivity contribution is 4.61. The lowest BCUT2D eigenvalue weighted by atomic mass is 9.93. The van der Waals surface area contributed by atoms with Crippen molar-refractivity contribution in [3.63, 3.8) is 0 Å². The van der Waals surface area contributed by atoms with Crippen molar-refractivity contribution in [3.05, 3.63) is 6.92 Å². The minimum absolute atomic E-state index is 0.910. The van der Waals surface area contributed by atoms with E-state index in [1.807, 2.05) is 0 Å². The van der Waals surface area contributed by atoms with Gasteiger partial charge >= 0.3 is 0 Å². The van der Waals surface area contributed by atoms with Crippen molar-refractivity contribution in [1.29, 1.82) is 0 Å². The van der Waals surface area contributed by atoms with Gasteiger partial charge in [0.05, 0.1) is 0 Å². The molecule has 0 saturated carbocycles. The molecule has 22 heavy (non-hydrogen) atoms. The Bertz CT molecular complexity index is 184.